The first-order chi connectivity index (χ1) is 21.3. The number of benzene rings is 2. The van der Waals surface area contributed by atoms with Crippen LogP contribution >= 0.6 is 0 Å². The number of nitrogens with one attached hydrogen (secondary N) is 2. The van der Waals surface area contributed by atoms with Gasteiger partial charge in [0.2, 0.25) is 0 Å². The van der Waals surface area contributed by atoms with E-state index < -0.39 is 23.8 Å². The van der Waals surface area contributed by atoms with E-state index in [1.807, 2.05) is 24.0 Å². The molecule has 224 valence electrons. The van der Waals surface area contributed by atoms with Crippen molar-refractivity contribution in [1.29, 1.82) is 0 Å². The van der Waals surface area contributed by atoms with E-state index in [0.29, 0.717) is 54.2 Å². The highest BCUT2D eigenvalue weighted by Crippen LogP contribution is 2.30. The van der Waals surface area contributed by atoms with E-state index in [1.54, 1.807) is 78.1 Å². The Balaban J connectivity index is 1.38. The zero-order chi connectivity index (χ0) is 31.1. The highest BCUT2D eigenvalue weighted by Gasteiger charge is 2.26. The number of rotatable bonds is 9. The maximum atomic E-state index is 13.4. The van der Waals surface area contributed by atoms with Crippen molar-refractivity contribution >= 4 is 35.1 Å². The molecule has 0 spiro atoms. The predicted octanol–water partition coefficient (Wildman–Crippen LogP) is 3.95. The first-order valence-corrected chi connectivity index (χ1v) is 14.2. The van der Waals surface area contributed by atoms with Crippen LogP contribution in [0.1, 0.15) is 54.7 Å². The summed E-state index contributed by atoms with van der Waals surface area (Å²) in [6, 6.07) is 18.3. The Bertz CT molecular complexity index is 1640. The van der Waals surface area contributed by atoms with Crippen LogP contribution in [0.15, 0.2) is 91.5 Å². The standard InChI is InChI=1S/C33H32N6O5/c1-22-6-8-23(9-7-22)27(19-30(40)41)36-31(42)24-10-11-29(28(18-24)37-32(43)25-4-2-12-34-20-25)38-14-16-39(17-15-38)33(44)26-5-3-13-35-21-26/h2-13,18,20-21,27H,14-17,19H2,1H3,(H,36,42)(H,37,43)(H,40,41). The van der Waals surface area contributed by atoms with Crippen molar-refractivity contribution in [1.82, 2.24) is 20.2 Å². The van der Waals surface area contributed by atoms with E-state index in [0.717, 1.165) is 5.56 Å². The zero-order valence-electron chi connectivity index (χ0n) is 24.1. The minimum Gasteiger partial charge on any atom is -0.481 e. The van der Waals surface area contributed by atoms with Gasteiger partial charge in [-0.1, -0.05) is 29.8 Å². The van der Waals surface area contributed by atoms with Crippen molar-refractivity contribution in [3.05, 3.63) is 119 Å². The molecule has 1 aliphatic rings. The quantitative estimate of drug-likeness (QED) is 0.265. The third kappa shape index (κ3) is 7.24. The molecule has 1 saturated heterocycles. The molecule has 0 bridgehead atoms. The van der Waals surface area contributed by atoms with E-state index >= 15 is 0 Å². The minimum atomic E-state index is -1.04. The highest BCUT2D eigenvalue weighted by molar-refractivity contribution is 6.07. The first kappa shape index (κ1) is 29.9. The number of carboxylic acids is 1. The van der Waals surface area contributed by atoms with Crippen LogP contribution in [-0.4, -0.2) is 69.8 Å². The molecule has 3 amide bonds. The molecular weight excluding hydrogens is 560 g/mol. The van der Waals surface area contributed by atoms with Crippen molar-refractivity contribution in [3.63, 3.8) is 0 Å². The van der Waals surface area contributed by atoms with Gasteiger partial charge < -0.3 is 25.5 Å². The van der Waals surface area contributed by atoms with Crippen molar-refractivity contribution in [2.75, 3.05) is 36.4 Å². The van der Waals surface area contributed by atoms with Gasteiger partial charge in [-0.15, -0.1) is 0 Å². The maximum Gasteiger partial charge on any atom is 0.305 e. The van der Waals surface area contributed by atoms with Gasteiger partial charge in [0.1, 0.15) is 0 Å². The average Bonchev–Trinajstić information content (AvgIpc) is 3.05. The van der Waals surface area contributed by atoms with E-state index in [2.05, 4.69) is 20.6 Å². The molecule has 11 heteroatoms. The fraction of sp³-hybridized carbons (Fsp3) is 0.212. The fourth-order valence-electron chi connectivity index (χ4n) is 5.03. The molecule has 3 heterocycles. The number of carboxylic acid groups (broad SMARTS) is 1. The smallest absolute Gasteiger partial charge is 0.305 e. The lowest BCUT2D eigenvalue weighted by Gasteiger charge is -2.37. The Labute approximate surface area is 254 Å². The van der Waals surface area contributed by atoms with Crippen LogP contribution in [0.25, 0.3) is 0 Å². The SMILES string of the molecule is Cc1ccc(C(CC(=O)O)NC(=O)c2ccc(N3CCN(C(=O)c4cccnc4)CC3)c(NC(=O)c3cccnc3)c2)cc1. The second-order valence-corrected chi connectivity index (χ2v) is 10.5. The van der Waals surface area contributed by atoms with Crippen LogP contribution in [0, 0.1) is 6.92 Å². The number of aliphatic carboxylic acids is 1. The normalized spacial score (nSPS) is 13.6. The number of pyridine rings is 2. The Morgan fingerprint density at radius 2 is 1.48 bits per heavy atom. The predicted molar refractivity (Wildman–Crippen MR) is 165 cm³/mol. The molecule has 2 aromatic carbocycles. The number of nitrogens with zero attached hydrogens (tertiary/aromatic N) is 4. The summed E-state index contributed by atoms with van der Waals surface area (Å²) in [6.45, 7) is 3.84. The fourth-order valence-corrected chi connectivity index (χ4v) is 5.03. The van der Waals surface area contributed by atoms with Crippen LogP contribution < -0.4 is 15.5 Å². The number of anilines is 2. The lowest BCUT2D eigenvalue weighted by Crippen LogP contribution is -2.49. The third-order valence-corrected chi connectivity index (χ3v) is 7.41. The zero-order valence-corrected chi connectivity index (χ0v) is 24.1. The number of amides is 3. The molecule has 5 rings (SSSR count). The summed E-state index contributed by atoms with van der Waals surface area (Å²) < 4.78 is 0. The van der Waals surface area contributed by atoms with E-state index in [-0.39, 0.29) is 17.9 Å². The Morgan fingerprint density at radius 1 is 0.818 bits per heavy atom. The van der Waals surface area contributed by atoms with Gasteiger partial charge in [0.05, 0.1) is 35.0 Å². The number of hydrogen-bond acceptors (Lipinski definition) is 7. The van der Waals surface area contributed by atoms with Gasteiger partial charge in [0.15, 0.2) is 0 Å². The minimum absolute atomic E-state index is 0.0978. The molecule has 0 radical (unpaired) electrons. The van der Waals surface area contributed by atoms with Gasteiger partial charge in [0.25, 0.3) is 17.7 Å². The monoisotopic (exact) mass is 592 g/mol. The van der Waals surface area contributed by atoms with Crippen LogP contribution in [0.5, 0.6) is 0 Å². The van der Waals surface area contributed by atoms with Crippen LogP contribution in [0.2, 0.25) is 0 Å². The number of carbonyl (C=O) groups excluding carboxylic acids is 3. The molecule has 2 aromatic heterocycles. The molecule has 1 unspecified atom stereocenters. The molecule has 4 aromatic rings. The number of aromatic nitrogens is 2. The first-order valence-electron chi connectivity index (χ1n) is 14.2. The highest BCUT2D eigenvalue weighted by atomic mass is 16.4. The molecule has 1 atom stereocenters. The molecule has 1 aliphatic heterocycles. The Hall–Kier alpha value is -5.58. The maximum absolute atomic E-state index is 13.4. The summed E-state index contributed by atoms with van der Waals surface area (Å²) in [6.07, 6.45) is 5.90. The average molecular weight is 593 g/mol. The molecule has 11 nitrogen and oxygen atoms in total. The molecular formula is C33H32N6O5. The number of hydrogen-bond donors (Lipinski definition) is 3. The van der Waals surface area contributed by atoms with Crippen molar-refractivity contribution in [2.24, 2.45) is 0 Å². The lowest BCUT2D eigenvalue weighted by molar-refractivity contribution is -0.137. The van der Waals surface area contributed by atoms with E-state index in [9.17, 15) is 24.3 Å². The van der Waals surface area contributed by atoms with Gasteiger partial charge in [-0.05, 0) is 55.0 Å². The van der Waals surface area contributed by atoms with Crippen molar-refractivity contribution < 1.29 is 24.3 Å². The number of piperazine rings is 1. The molecule has 0 saturated carbocycles. The summed E-state index contributed by atoms with van der Waals surface area (Å²) in [5, 5.41) is 15.3. The number of aryl methyl sites for hydroxylation is 1. The van der Waals surface area contributed by atoms with Crippen LogP contribution in [0.4, 0.5) is 11.4 Å². The topological polar surface area (TPSA) is 145 Å². The summed E-state index contributed by atoms with van der Waals surface area (Å²) >= 11 is 0. The summed E-state index contributed by atoms with van der Waals surface area (Å²) in [4.78, 5) is 63.0. The molecule has 3 N–H and O–H groups in total. The largest absolute Gasteiger partial charge is 0.481 e. The molecule has 44 heavy (non-hydrogen) atoms. The van der Waals surface area contributed by atoms with Gasteiger partial charge in [-0.3, -0.25) is 29.1 Å². The summed E-state index contributed by atoms with van der Waals surface area (Å²) in [5.41, 5.74) is 3.90. The third-order valence-electron chi connectivity index (χ3n) is 7.41. The van der Waals surface area contributed by atoms with Gasteiger partial charge >= 0.3 is 5.97 Å². The summed E-state index contributed by atoms with van der Waals surface area (Å²) in [7, 11) is 0. The molecule has 1 fully saturated rings. The summed E-state index contributed by atoms with van der Waals surface area (Å²) in [5.74, 6) is -2.02. The van der Waals surface area contributed by atoms with E-state index in [1.165, 1.54) is 6.20 Å². The van der Waals surface area contributed by atoms with Crippen LogP contribution in [0.3, 0.4) is 0 Å². The lowest BCUT2D eigenvalue weighted by atomic mass is 10.0. The van der Waals surface area contributed by atoms with Gasteiger partial charge in [-0.2, -0.15) is 0 Å². The van der Waals surface area contributed by atoms with Crippen molar-refractivity contribution in [3.8, 4) is 0 Å². The van der Waals surface area contributed by atoms with Crippen molar-refractivity contribution in [2.45, 2.75) is 19.4 Å². The Morgan fingerprint density at radius 3 is 2.09 bits per heavy atom. The van der Waals surface area contributed by atoms with Gasteiger partial charge in [0, 0.05) is 56.5 Å². The Kier molecular flexibility index (Phi) is 9.24. The second-order valence-electron chi connectivity index (χ2n) is 10.5. The van der Waals surface area contributed by atoms with Gasteiger partial charge in [-0.25, -0.2) is 0 Å². The van der Waals surface area contributed by atoms with E-state index in [4.69, 9.17) is 0 Å². The second kappa shape index (κ2) is 13.6. The van der Waals surface area contributed by atoms with Crippen LogP contribution in [-0.2, 0) is 4.79 Å². The molecule has 0 aliphatic carbocycles. The number of carbonyl (C=O) groups is 4.